The molecule has 0 radical (unpaired) electrons. The second-order valence-electron chi connectivity index (χ2n) is 10.7. The summed E-state index contributed by atoms with van der Waals surface area (Å²) in [6.45, 7) is 2.29. The van der Waals surface area contributed by atoms with E-state index in [-0.39, 0.29) is 0 Å². The van der Waals surface area contributed by atoms with Gasteiger partial charge in [0.2, 0.25) is 0 Å². The molecule has 1 N–H and O–H groups in total. The Hall–Kier alpha value is -4.62. The van der Waals surface area contributed by atoms with Gasteiger partial charge in [-0.2, -0.15) is 0 Å². The molecule has 1 nitrogen and oxygen atoms in total. The van der Waals surface area contributed by atoms with Crippen molar-refractivity contribution >= 4 is 49.4 Å². The van der Waals surface area contributed by atoms with Crippen LogP contribution in [0.4, 0.5) is 0 Å². The minimum Gasteiger partial charge on any atom is -0.354 e. The van der Waals surface area contributed by atoms with Gasteiger partial charge < -0.3 is 4.98 Å². The Morgan fingerprint density at radius 2 is 1.21 bits per heavy atom. The number of rotatable bonds is 2. The van der Waals surface area contributed by atoms with Gasteiger partial charge in [-0.25, -0.2) is 0 Å². The first-order valence-electron chi connectivity index (χ1n) is 13.5. The Morgan fingerprint density at radius 3 is 1.89 bits per heavy atom. The van der Waals surface area contributed by atoms with E-state index in [1.54, 1.807) is 0 Å². The molecule has 1 aliphatic carbocycles. The van der Waals surface area contributed by atoms with Crippen molar-refractivity contribution in [3.63, 3.8) is 0 Å². The van der Waals surface area contributed by atoms with Gasteiger partial charge in [-0.05, 0) is 73.8 Å². The quantitative estimate of drug-likeness (QED) is 0.234. The van der Waals surface area contributed by atoms with E-state index in [2.05, 4.69) is 133 Å². The van der Waals surface area contributed by atoms with Crippen molar-refractivity contribution in [2.75, 3.05) is 0 Å². The monoisotopic (exact) mass is 485 g/mol. The number of benzene rings is 6. The molecule has 0 amide bonds. The van der Waals surface area contributed by atoms with Crippen molar-refractivity contribution in [2.24, 2.45) is 5.92 Å². The van der Waals surface area contributed by atoms with Crippen molar-refractivity contribution in [2.45, 2.75) is 13.3 Å². The zero-order valence-electron chi connectivity index (χ0n) is 21.3. The summed E-state index contributed by atoms with van der Waals surface area (Å²) in [6, 6.07) is 40.2. The molecule has 1 unspecified atom stereocenters. The molecular weight excluding hydrogens is 458 g/mol. The average Bonchev–Trinajstić information content (AvgIpc) is 3.34. The molecule has 180 valence electrons. The van der Waals surface area contributed by atoms with Gasteiger partial charge in [-0.1, -0.05) is 116 Å². The fraction of sp³-hybridized carbons (Fsp3) is 0.0811. The molecule has 1 aromatic heterocycles. The summed E-state index contributed by atoms with van der Waals surface area (Å²) in [6.07, 6.45) is 5.75. The molecule has 7 aromatic rings. The maximum Gasteiger partial charge on any atom is 0.0541 e. The van der Waals surface area contributed by atoms with E-state index in [1.165, 1.54) is 76.7 Å². The maximum atomic E-state index is 3.75. The third-order valence-corrected chi connectivity index (χ3v) is 8.32. The summed E-state index contributed by atoms with van der Waals surface area (Å²) in [5, 5.41) is 7.75. The minimum atomic E-state index is 0.594. The first kappa shape index (κ1) is 21.5. The molecule has 0 saturated heterocycles. The Labute approximate surface area is 222 Å². The molecule has 1 atom stereocenters. The van der Waals surface area contributed by atoms with Gasteiger partial charge in [-0.15, -0.1) is 0 Å². The second-order valence-corrected chi connectivity index (χ2v) is 10.7. The summed E-state index contributed by atoms with van der Waals surface area (Å²) < 4.78 is 0. The third-order valence-electron chi connectivity index (χ3n) is 8.32. The highest BCUT2D eigenvalue weighted by Gasteiger charge is 2.19. The molecule has 8 rings (SSSR count). The Balaban J connectivity index is 1.44. The van der Waals surface area contributed by atoms with Gasteiger partial charge in [0.05, 0.1) is 5.52 Å². The highest BCUT2D eigenvalue weighted by Crippen LogP contribution is 2.44. The molecule has 0 aliphatic heterocycles. The molecule has 0 bridgehead atoms. The van der Waals surface area contributed by atoms with Gasteiger partial charge in [0.15, 0.2) is 0 Å². The van der Waals surface area contributed by atoms with Gasteiger partial charge in [0.1, 0.15) is 0 Å². The fourth-order valence-corrected chi connectivity index (χ4v) is 6.59. The molecule has 6 aromatic carbocycles. The van der Waals surface area contributed by atoms with E-state index < -0.39 is 0 Å². The highest BCUT2D eigenvalue weighted by atomic mass is 14.7. The highest BCUT2D eigenvalue weighted by molar-refractivity contribution is 6.22. The van der Waals surface area contributed by atoms with Crippen LogP contribution in [0.2, 0.25) is 0 Å². The minimum absolute atomic E-state index is 0.594. The summed E-state index contributed by atoms with van der Waals surface area (Å²) in [4.78, 5) is 3.75. The smallest absolute Gasteiger partial charge is 0.0541 e. The predicted molar refractivity (Wildman–Crippen MR) is 164 cm³/mol. The van der Waals surface area contributed by atoms with Crippen molar-refractivity contribution in [3.8, 4) is 22.3 Å². The summed E-state index contributed by atoms with van der Waals surface area (Å²) in [7, 11) is 0. The van der Waals surface area contributed by atoms with Crippen LogP contribution >= 0.6 is 0 Å². The van der Waals surface area contributed by atoms with E-state index >= 15 is 0 Å². The zero-order valence-corrected chi connectivity index (χ0v) is 21.3. The van der Waals surface area contributed by atoms with E-state index in [0.717, 1.165) is 6.42 Å². The number of H-pyrrole nitrogens is 1. The summed E-state index contributed by atoms with van der Waals surface area (Å²) in [5.41, 5.74) is 10.4. The van der Waals surface area contributed by atoms with E-state index in [9.17, 15) is 0 Å². The van der Waals surface area contributed by atoms with Crippen LogP contribution in [-0.4, -0.2) is 4.98 Å². The molecule has 0 fully saturated rings. The van der Waals surface area contributed by atoms with Gasteiger partial charge in [0, 0.05) is 21.9 Å². The standard InChI is InChI=1S/C37H27N/c1-23-15-18-27-25(21-23)16-19-32-33-22-26(17-20-34(33)38-37(27)32)36-30-13-7-5-11-28(30)35(24-9-3-2-4-10-24)29-12-6-8-14-31(29)36/h2-20,22-23,38H,21H2,1H3. The summed E-state index contributed by atoms with van der Waals surface area (Å²) in [5.74, 6) is 0.594. The Bertz CT molecular complexity index is 2000. The van der Waals surface area contributed by atoms with Crippen LogP contribution in [0.15, 0.2) is 115 Å². The SMILES string of the molecule is CC1C=Cc2c(ccc3c2[nH]c2ccc(-c4c5ccccc5c(-c5ccccc5)c5ccccc45)cc23)C1. The molecule has 1 heterocycles. The number of hydrogen-bond acceptors (Lipinski definition) is 0. The van der Waals surface area contributed by atoms with Crippen molar-refractivity contribution in [1.82, 2.24) is 4.98 Å². The first-order valence-corrected chi connectivity index (χ1v) is 13.5. The number of fused-ring (bicyclic) bond motifs is 7. The molecule has 1 heteroatoms. The van der Waals surface area contributed by atoms with Gasteiger partial charge in [0.25, 0.3) is 0 Å². The molecule has 0 saturated carbocycles. The van der Waals surface area contributed by atoms with Crippen LogP contribution in [0, 0.1) is 5.92 Å². The van der Waals surface area contributed by atoms with Crippen LogP contribution in [0.25, 0.3) is 71.7 Å². The lowest BCUT2D eigenvalue weighted by Gasteiger charge is -2.17. The van der Waals surface area contributed by atoms with Crippen LogP contribution < -0.4 is 0 Å². The maximum absolute atomic E-state index is 3.75. The van der Waals surface area contributed by atoms with Gasteiger partial charge >= 0.3 is 0 Å². The van der Waals surface area contributed by atoms with E-state index in [1.807, 2.05) is 0 Å². The third kappa shape index (κ3) is 3.12. The lowest BCUT2D eigenvalue weighted by atomic mass is 9.85. The average molecular weight is 486 g/mol. The van der Waals surface area contributed by atoms with Crippen molar-refractivity contribution < 1.29 is 0 Å². The molecule has 0 spiro atoms. The lowest BCUT2D eigenvalue weighted by Crippen LogP contribution is -2.03. The van der Waals surface area contributed by atoms with Crippen LogP contribution in [-0.2, 0) is 6.42 Å². The Morgan fingerprint density at radius 1 is 0.579 bits per heavy atom. The lowest BCUT2D eigenvalue weighted by molar-refractivity contribution is 0.718. The topological polar surface area (TPSA) is 15.8 Å². The van der Waals surface area contributed by atoms with Crippen LogP contribution in [0.5, 0.6) is 0 Å². The predicted octanol–water partition coefficient (Wildman–Crippen LogP) is 10.2. The summed E-state index contributed by atoms with van der Waals surface area (Å²) >= 11 is 0. The van der Waals surface area contributed by atoms with E-state index in [0.29, 0.717) is 5.92 Å². The Kier molecular flexibility index (Phi) is 4.63. The largest absolute Gasteiger partial charge is 0.354 e. The van der Waals surface area contributed by atoms with Crippen LogP contribution in [0.1, 0.15) is 18.1 Å². The number of hydrogen-bond donors (Lipinski definition) is 1. The van der Waals surface area contributed by atoms with Gasteiger partial charge in [-0.3, -0.25) is 0 Å². The normalized spacial score (nSPS) is 15.0. The molecular formula is C37H27N. The molecule has 1 aliphatic rings. The van der Waals surface area contributed by atoms with E-state index in [4.69, 9.17) is 0 Å². The number of nitrogens with one attached hydrogen (secondary N) is 1. The zero-order chi connectivity index (χ0) is 25.2. The number of allylic oxidation sites excluding steroid dienone is 1. The number of aromatic amines is 1. The van der Waals surface area contributed by atoms with Crippen molar-refractivity contribution in [1.29, 1.82) is 0 Å². The first-order chi connectivity index (χ1) is 18.8. The van der Waals surface area contributed by atoms with Crippen LogP contribution in [0.3, 0.4) is 0 Å². The number of aromatic nitrogens is 1. The fourth-order valence-electron chi connectivity index (χ4n) is 6.59. The molecule has 38 heavy (non-hydrogen) atoms. The second kappa shape index (κ2) is 8.19. The van der Waals surface area contributed by atoms with Crippen molar-refractivity contribution in [3.05, 3.63) is 126 Å².